The molecule has 0 aromatic heterocycles. The van der Waals surface area contributed by atoms with Crippen LogP contribution in [0, 0.1) is 5.41 Å². The summed E-state index contributed by atoms with van der Waals surface area (Å²) in [5.74, 6) is 0.538. The molecule has 1 aliphatic heterocycles. The van der Waals surface area contributed by atoms with E-state index in [0.717, 1.165) is 5.56 Å². The van der Waals surface area contributed by atoms with Crippen molar-refractivity contribution in [1.29, 1.82) is 5.41 Å². The number of ether oxygens (including phenoxy) is 2. The second kappa shape index (κ2) is 3.48. The first-order valence-electron chi connectivity index (χ1n) is 4.06. The predicted molar refractivity (Wildman–Crippen MR) is 52.8 cm³/mol. The van der Waals surface area contributed by atoms with Gasteiger partial charge in [-0.1, -0.05) is 11.6 Å². The molecular formula is C9H9ClN2O2. The molecule has 1 heterocycles. The summed E-state index contributed by atoms with van der Waals surface area (Å²) < 4.78 is 10.4. The van der Waals surface area contributed by atoms with Crippen LogP contribution in [0.5, 0.6) is 5.75 Å². The molecule has 5 heteroatoms. The number of hydrogen-bond donors (Lipinski definition) is 2. The maximum Gasteiger partial charge on any atom is 0.189 e. The number of nitrogens with one attached hydrogen (secondary N) is 1. The summed E-state index contributed by atoms with van der Waals surface area (Å²) in [6.45, 7) is 0.572. The average Bonchev–Trinajstić information content (AvgIpc) is 2.18. The third kappa shape index (κ3) is 1.42. The number of rotatable bonds is 1. The summed E-state index contributed by atoms with van der Waals surface area (Å²) >= 11 is 5.95. The third-order valence-corrected chi connectivity index (χ3v) is 2.38. The van der Waals surface area contributed by atoms with Crippen molar-refractivity contribution in [3.8, 4) is 5.75 Å². The minimum Gasteiger partial charge on any atom is -0.466 e. The van der Waals surface area contributed by atoms with Crippen LogP contribution in [-0.2, 0) is 11.3 Å². The highest BCUT2D eigenvalue weighted by molar-refractivity contribution is 6.31. The van der Waals surface area contributed by atoms with Crippen LogP contribution in [0.15, 0.2) is 12.1 Å². The Morgan fingerprint density at radius 2 is 2.29 bits per heavy atom. The van der Waals surface area contributed by atoms with Crippen LogP contribution in [0.1, 0.15) is 11.1 Å². The number of nitrogen functional groups attached to an aromatic ring is 1. The Hall–Kier alpha value is -1.26. The SMILES string of the molecule is N=C(N)c1ccc(Cl)c2c1OCOC2. The summed E-state index contributed by atoms with van der Waals surface area (Å²) in [5.41, 5.74) is 6.73. The summed E-state index contributed by atoms with van der Waals surface area (Å²) in [4.78, 5) is 0. The highest BCUT2D eigenvalue weighted by Gasteiger charge is 2.19. The maximum atomic E-state index is 7.36. The van der Waals surface area contributed by atoms with Gasteiger partial charge in [-0.2, -0.15) is 0 Å². The van der Waals surface area contributed by atoms with Crippen LogP contribution in [0.2, 0.25) is 5.02 Å². The fraction of sp³-hybridized carbons (Fsp3) is 0.222. The van der Waals surface area contributed by atoms with Crippen molar-refractivity contribution in [2.45, 2.75) is 6.61 Å². The van der Waals surface area contributed by atoms with Crippen LogP contribution < -0.4 is 10.5 Å². The van der Waals surface area contributed by atoms with E-state index in [1.807, 2.05) is 0 Å². The number of benzene rings is 1. The molecule has 3 N–H and O–H groups in total. The Balaban J connectivity index is 2.59. The lowest BCUT2D eigenvalue weighted by Gasteiger charge is -2.21. The van der Waals surface area contributed by atoms with E-state index in [1.165, 1.54) is 0 Å². The monoisotopic (exact) mass is 212 g/mol. The van der Waals surface area contributed by atoms with Gasteiger partial charge in [-0.3, -0.25) is 5.41 Å². The Bertz CT molecular complexity index is 393. The molecule has 0 bridgehead atoms. The van der Waals surface area contributed by atoms with Crippen molar-refractivity contribution in [1.82, 2.24) is 0 Å². The molecule has 0 amide bonds. The van der Waals surface area contributed by atoms with Gasteiger partial charge in [0.05, 0.1) is 12.2 Å². The van der Waals surface area contributed by atoms with Crippen molar-refractivity contribution in [3.05, 3.63) is 28.3 Å². The van der Waals surface area contributed by atoms with E-state index in [9.17, 15) is 0 Å². The molecule has 0 atom stereocenters. The van der Waals surface area contributed by atoms with Crippen LogP contribution >= 0.6 is 11.6 Å². The van der Waals surface area contributed by atoms with Crippen LogP contribution in [0.25, 0.3) is 0 Å². The predicted octanol–water partition coefficient (Wildman–Crippen LogP) is 1.49. The Kier molecular flexibility index (Phi) is 2.31. The lowest BCUT2D eigenvalue weighted by molar-refractivity contribution is -0.0164. The van der Waals surface area contributed by atoms with Crippen molar-refractivity contribution in [2.24, 2.45) is 5.73 Å². The maximum absolute atomic E-state index is 7.36. The van der Waals surface area contributed by atoms with Gasteiger partial charge in [0, 0.05) is 10.6 Å². The van der Waals surface area contributed by atoms with E-state index in [4.69, 9.17) is 32.2 Å². The van der Waals surface area contributed by atoms with Gasteiger partial charge in [0.2, 0.25) is 0 Å². The van der Waals surface area contributed by atoms with Gasteiger partial charge in [0.25, 0.3) is 0 Å². The van der Waals surface area contributed by atoms with E-state index >= 15 is 0 Å². The molecule has 0 spiro atoms. The first-order chi connectivity index (χ1) is 6.70. The summed E-state index contributed by atoms with van der Waals surface area (Å²) in [5, 5.41) is 7.93. The van der Waals surface area contributed by atoms with Crippen molar-refractivity contribution in [2.75, 3.05) is 6.79 Å². The molecule has 0 fully saturated rings. The summed E-state index contributed by atoms with van der Waals surface area (Å²) in [7, 11) is 0. The quantitative estimate of drug-likeness (QED) is 0.548. The standard InChI is InChI=1S/C9H9ClN2O2/c10-7-2-1-5(9(11)12)8-6(7)3-13-4-14-8/h1-2H,3-4H2,(H3,11,12). The van der Waals surface area contributed by atoms with Crippen molar-refractivity contribution >= 4 is 17.4 Å². The minimum absolute atomic E-state index is 0.0279. The Labute approximate surface area is 86.1 Å². The van der Waals surface area contributed by atoms with Crippen LogP contribution in [0.3, 0.4) is 0 Å². The van der Waals surface area contributed by atoms with E-state index in [1.54, 1.807) is 12.1 Å². The van der Waals surface area contributed by atoms with Gasteiger partial charge >= 0.3 is 0 Å². The molecule has 1 aromatic rings. The Morgan fingerprint density at radius 1 is 1.50 bits per heavy atom. The molecule has 0 saturated carbocycles. The molecule has 1 aromatic carbocycles. The number of amidine groups is 1. The first-order valence-corrected chi connectivity index (χ1v) is 4.44. The summed E-state index contributed by atoms with van der Waals surface area (Å²) in [6, 6.07) is 3.37. The number of hydrogen-bond acceptors (Lipinski definition) is 3. The van der Waals surface area contributed by atoms with E-state index in [2.05, 4.69) is 0 Å². The average molecular weight is 213 g/mol. The van der Waals surface area contributed by atoms with Gasteiger partial charge in [-0.25, -0.2) is 0 Å². The normalized spacial score (nSPS) is 14.4. The fourth-order valence-electron chi connectivity index (χ4n) is 1.36. The smallest absolute Gasteiger partial charge is 0.189 e. The fourth-order valence-corrected chi connectivity index (χ4v) is 1.56. The van der Waals surface area contributed by atoms with Gasteiger partial charge in [0.15, 0.2) is 6.79 Å². The van der Waals surface area contributed by atoms with Crippen molar-refractivity contribution in [3.63, 3.8) is 0 Å². The summed E-state index contributed by atoms with van der Waals surface area (Å²) in [6.07, 6.45) is 0. The zero-order chi connectivity index (χ0) is 10.1. The molecule has 1 aliphatic rings. The van der Waals surface area contributed by atoms with Gasteiger partial charge in [0.1, 0.15) is 11.6 Å². The van der Waals surface area contributed by atoms with E-state index < -0.39 is 0 Å². The molecule has 74 valence electrons. The molecule has 4 nitrogen and oxygen atoms in total. The highest BCUT2D eigenvalue weighted by Crippen LogP contribution is 2.33. The minimum atomic E-state index is -0.0279. The Morgan fingerprint density at radius 3 is 3.00 bits per heavy atom. The number of fused-ring (bicyclic) bond motifs is 1. The zero-order valence-corrected chi connectivity index (χ0v) is 8.10. The lowest BCUT2D eigenvalue weighted by Crippen LogP contribution is -2.18. The zero-order valence-electron chi connectivity index (χ0n) is 7.34. The second-order valence-corrected chi connectivity index (χ2v) is 3.33. The highest BCUT2D eigenvalue weighted by atomic mass is 35.5. The molecule has 0 saturated heterocycles. The third-order valence-electron chi connectivity index (χ3n) is 2.03. The lowest BCUT2D eigenvalue weighted by atomic mass is 10.1. The molecular weight excluding hydrogens is 204 g/mol. The van der Waals surface area contributed by atoms with Gasteiger partial charge in [-0.05, 0) is 12.1 Å². The second-order valence-electron chi connectivity index (χ2n) is 2.93. The van der Waals surface area contributed by atoms with Gasteiger partial charge < -0.3 is 15.2 Å². The molecule has 0 radical (unpaired) electrons. The number of nitrogens with two attached hydrogens (primary N) is 1. The molecule has 2 rings (SSSR count). The topological polar surface area (TPSA) is 68.3 Å². The first kappa shape index (κ1) is 9.30. The van der Waals surface area contributed by atoms with Gasteiger partial charge in [-0.15, -0.1) is 0 Å². The van der Waals surface area contributed by atoms with Crippen molar-refractivity contribution < 1.29 is 9.47 Å². The largest absolute Gasteiger partial charge is 0.466 e. The molecule has 14 heavy (non-hydrogen) atoms. The number of halogens is 1. The van der Waals surface area contributed by atoms with E-state index in [-0.39, 0.29) is 12.6 Å². The van der Waals surface area contributed by atoms with Crippen LogP contribution in [-0.4, -0.2) is 12.6 Å². The molecule has 0 unspecified atom stereocenters. The van der Waals surface area contributed by atoms with Crippen LogP contribution in [0.4, 0.5) is 0 Å². The van der Waals surface area contributed by atoms with E-state index in [0.29, 0.717) is 22.9 Å². The molecule has 0 aliphatic carbocycles.